The molecule has 64 valence electrons. The van der Waals surface area contributed by atoms with E-state index >= 15 is 0 Å². The van der Waals surface area contributed by atoms with Crippen LogP contribution in [0, 0.1) is 0 Å². The summed E-state index contributed by atoms with van der Waals surface area (Å²) in [6.07, 6.45) is 5.65. The van der Waals surface area contributed by atoms with Gasteiger partial charge in [0.1, 0.15) is 0 Å². The van der Waals surface area contributed by atoms with Gasteiger partial charge >= 0.3 is 0 Å². The fourth-order valence-electron chi connectivity index (χ4n) is 2.13. The molecule has 2 heteroatoms. The van der Waals surface area contributed by atoms with Crippen molar-refractivity contribution < 1.29 is 0 Å². The van der Waals surface area contributed by atoms with E-state index in [0.29, 0.717) is 0 Å². The van der Waals surface area contributed by atoms with E-state index in [0.717, 1.165) is 0 Å². The molecule has 0 N–H and O–H groups in total. The van der Waals surface area contributed by atoms with Crippen LogP contribution in [0.15, 0.2) is 0 Å². The third-order valence-corrected chi connectivity index (χ3v) is 2.80. The van der Waals surface area contributed by atoms with Gasteiger partial charge in [-0.3, -0.25) is 9.80 Å². The molecule has 0 saturated carbocycles. The Labute approximate surface area is 69.2 Å². The molecule has 2 rings (SSSR count). The van der Waals surface area contributed by atoms with Crippen molar-refractivity contribution >= 4 is 0 Å². The molecule has 0 aliphatic carbocycles. The Morgan fingerprint density at radius 1 is 0.545 bits per heavy atom. The van der Waals surface area contributed by atoms with Crippen molar-refractivity contribution in [2.45, 2.75) is 25.7 Å². The quantitative estimate of drug-likeness (QED) is 0.516. The Hall–Kier alpha value is -0.0800. The van der Waals surface area contributed by atoms with Crippen molar-refractivity contribution in [3.05, 3.63) is 0 Å². The lowest BCUT2D eigenvalue weighted by Gasteiger charge is -2.22. The van der Waals surface area contributed by atoms with Crippen molar-refractivity contribution in [3.63, 3.8) is 0 Å². The third kappa shape index (κ3) is 1.94. The van der Waals surface area contributed by atoms with Crippen LogP contribution in [0.5, 0.6) is 0 Å². The van der Waals surface area contributed by atoms with Crippen molar-refractivity contribution in [2.75, 3.05) is 32.8 Å². The second kappa shape index (κ2) is 3.55. The first-order valence-electron chi connectivity index (χ1n) is 4.90. The number of nitrogens with zero attached hydrogens (tertiary/aromatic N) is 2. The van der Waals surface area contributed by atoms with Gasteiger partial charge in [-0.2, -0.15) is 0 Å². The Bertz CT molecular complexity index is 98.7. The highest BCUT2D eigenvalue weighted by Crippen LogP contribution is 2.12. The van der Waals surface area contributed by atoms with Gasteiger partial charge in [0.15, 0.2) is 0 Å². The van der Waals surface area contributed by atoms with Gasteiger partial charge in [0, 0.05) is 0 Å². The fraction of sp³-hybridized carbons (Fsp3) is 1.00. The molecule has 0 aromatic heterocycles. The van der Waals surface area contributed by atoms with Crippen LogP contribution in [0.25, 0.3) is 0 Å². The normalized spacial score (nSPS) is 39.3. The van der Waals surface area contributed by atoms with Gasteiger partial charge < -0.3 is 0 Å². The number of rotatable bonds is 0. The first-order chi connectivity index (χ1) is 5.45. The molecule has 0 spiro atoms. The Kier molecular flexibility index (Phi) is 2.44. The highest BCUT2D eigenvalue weighted by atomic mass is 15.3. The zero-order valence-corrected chi connectivity index (χ0v) is 7.26. The molecule has 2 saturated heterocycles. The maximum absolute atomic E-state index is 2.61. The van der Waals surface area contributed by atoms with E-state index in [1.165, 1.54) is 58.5 Å². The molecule has 0 unspecified atom stereocenters. The second-order valence-electron chi connectivity index (χ2n) is 3.79. The van der Waals surface area contributed by atoms with Gasteiger partial charge in [-0.1, -0.05) is 0 Å². The summed E-state index contributed by atoms with van der Waals surface area (Å²) in [5.74, 6) is 0. The molecule has 2 bridgehead atoms. The van der Waals surface area contributed by atoms with Crippen LogP contribution in [-0.4, -0.2) is 42.6 Å². The minimum absolute atomic E-state index is 1.25. The molecule has 0 atom stereocenters. The van der Waals surface area contributed by atoms with E-state index < -0.39 is 0 Å². The van der Waals surface area contributed by atoms with Crippen molar-refractivity contribution in [1.29, 1.82) is 0 Å². The topological polar surface area (TPSA) is 6.48 Å². The average Bonchev–Trinajstić information content (AvgIpc) is 2.36. The summed E-state index contributed by atoms with van der Waals surface area (Å²) in [6.45, 7) is 6.62. The van der Waals surface area contributed by atoms with Crippen molar-refractivity contribution in [2.24, 2.45) is 0 Å². The van der Waals surface area contributed by atoms with E-state index in [4.69, 9.17) is 0 Å². The van der Waals surface area contributed by atoms with Crippen LogP contribution in [0.3, 0.4) is 0 Å². The van der Waals surface area contributed by atoms with Crippen LogP contribution in [0.1, 0.15) is 25.7 Å². The van der Waals surface area contributed by atoms with E-state index in [-0.39, 0.29) is 0 Å². The summed E-state index contributed by atoms with van der Waals surface area (Å²) >= 11 is 0. The lowest BCUT2D eigenvalue weighted by molar-refractivity contribution is 0.182. The van der Waals surface area contributed by atoms with Crippen molar-refractivity contribution in [1.82, 2.24) is 9.80 Å². The zero-order valence-electron chi connectivity index (χ0n) is 7.26. The van der Waals surface area contributed by atoms with E-state index in [9.17, 15) is 0 Å². The SMILES string of the molecule is C1CCN2CCCCN(C1)C2. The first kappa shape index (κ1) is 7.56. The molecule has 2 fully saturated rings. The number of hydrogen-bond acceptors (Lipinski definition) is 2. The third-order valence-electron chi connectivity index (χ3n) is 2.80. The summed E-state index contributed by atoms with van der Waals surface area (Å²) in [7, 11) is 0. The zero-order chi connectivity index (χ0) is 7.52. The molecule has 0 aromatic rings. The van der Waals surface area contributed by atoms with Crippen LogP contribution >= 0.6 is 0 Å². The highest BCUT2D eigenvalue weighted by molar-refractivity contribution is 4.70. The molecular weight excluding hydrogens is 136 g/mol. The van der Waals surface area contributed by atoms with Crippen LogP contribution in [0.2, 0.25) is 0 Å². The Balaban J connectivity index is 1.96. The lowest BCUT2D eigenvalue weighted by Crippen LogP contribution is -2.34. The van der Waals surface area contributed by atoms with Crippen LogP contribution in [-0.2, 0) is 0 Å². The predicted molar refractivity (Wildman–Crippen MR) is 46.5 cm³/mol. The second-order valence-corrected chi connectivity index (χ2v) is 3.79. The lowest BCUT2D eigenvalue weighted by atomic mass is 10.2. The molecule has 2 aliphatic heterocycles. The van der Waals surface area contributed by atoms with E-state index in [1.807, 2.05) is 0 Å². The van der Waals surface area contributed by atoms with Crippen LogP contribution < -0.4 is 0 Å². The smallest absolute Gasteiger partial charge is 0.0506 e. The summed E-state index contributed by atoms with van der Waals surface area (Å²) in [6, 6.07) is 0. The van der Waals surface area contributed by atoms with Gasteiger partial charge in [-0.25, -0.2) is 0 Å². The maximum atomic E-state index is 2.61. The standard InChI is InChI=1S/C9H18N2/c1-2-6-11-8-4-3-7-10(5-1)9-11/h1-9H2. The van der Waals surface area contributed by atoms with E-state index in [1.54, 1.807) is 0 Å². The summed E-state index contributed by atoms with van der Waals surface area (Å²) < 4.78 is 0. The molecule has 11 heavy (non-hydrogen) atoms. The molecule has 2 heterocycles. The Morgan fingerprint density at radius 3 is 1.27 bits per heavy atom. The van der Waals surface area contributed by atoms with E-state index in [2.05, 4.69) is 9.80 Å². The first-order valence-corrected chi connectivity index (χ1v) is 4.90. The van der Waals surface area contributed by atoms with Gasteiger partial charge in [-0.05, 0) is 51.9 Å². The molecule has 0 radical (unpaired) electrons. The molecule has 2 aliphatic rings. The van der Waals surface area contributed by atoms with Gasteiger partial charge in [0.05, 0.1) is 6.67 Å². The molecule has 0 amide bonds. The maximum Gasteiger partial charge on any atom is 0.0506 e. The van der Waals surface area contributed by atoms with Gasteiger partial charge in [-0.15, -0.1) is 0 Å². The molecule has 2 nitrogen and oxygen atoms in total. The number of fused-ring (bicyclic) bond motifs is 2. The fourth-order valence-corrected chi connectivity index (χ4v) is 2.13. The Morgan fingerprint density at radius 2 is 0.909 bits per heavy atom. The largest absolute Gasteiger partial charge is 0.290 e. The molecule has 0 aromatic carbocycles. The minimum atomic E-state index is 1.25. The summed E-state index contributed by atoms with van der Waals surface area (Å²) in [4.78, 5) is 5.22. The van der Waals surface area contributed by atoms with Gasteiger partial charge in [0.2, 0.25) is 0 Å². The van der Waals surface area contributed by atoms with Crippen molar-refractivity contribution in [3.8, 4) is 0 Å². The monoisotopic (exact) mass is 154 g/mol. The summed E-state index contributed by atoms with van der Waals surface area (Å²) in [5, 5.41) is 0. The predicted octanol–water partition coefficient (Wildman–Crippen LogP) is 1.14. The molecular formula is C9H18N2. The average molecular weight is 154 g/mol. The summed E-state index contributed by atoms with van der Waals surface area (Å²) in [5.41, 5.74) is 0. The minimum Gasteiger partial charge on any atom is -0.290 e. The van der Waals surface area contributed by atoms with Gasteiger partial charge in [0.25, 0.3) is 0 Å². The number of hydrogen-bond donors (Lipinski definition) is 0. The highest BCUT2D eigenvalue weighted by Gasteiger charge is 2.17. The van der Waals surface area contributed by atoms with Crippen LogP contribution in [0.4, 0.5) is 0 Å².